The maximum absolute atomic E-state index is 11.3. The molecule has 0 radical (unpaired) electrons. The van der Waals surface area contributed by atoms with Gasteiger partial charge in [-0.3, -0.25) is 0 Å². The van der Waals surface area contributed by atoms with Crippen LogP contribution < -0.4 is 4.90 Å². The van der Waals surface area contributed by atoms with Gasteiger partial charge in [-0.2, -0.15) is 0 Å². The molecule has 0 unspecified atom stereocenters. The Kier molecular flexibility index (Phi) is 3.92. The van der Waals surface area contributed by atoms with Crippen molar-refractivity contribution in [3.05, 3.63) is 29.8 Å². The number of aliphatic hydroxyl groups is 1. The smallest absolute Gasteiger partial charge is 0.153 e. The summed E-state index contributed by atoms with van der Waals surface area (Å²) < 4.78 is 22.7. The van der Waals surface area contributed by atoms with E-state index < -0.39 is 15.9 Å². The highest BCUT2D eigenvalue weighted by atomic mass is 32.2. The average molecular weight is 269 g/mol. The van der Waals surface area contributed by atoms with E-state index in [1.165, 1.54) is 0 Å². The zero-order chi connectivity index (χ0) is 13.2. The maximum Gasteiger partial charge on any atom is 0.153 e. The number of sulfone groups is 1. The Morgan fingerprint density at radius 3 is 2.28 bits per heavy atom. The average Bonchev–Trinajstić information content (AvgIpc) is 2.38. The molecule has 0 spiro atoms. The van der Waals surface area contributed by atoms with Crippen molar-refractivity contribution in [3.8, 4) is 0 Å². The van der Waals surface area contributed by atoms with Gasteiger partial charge in [0.15, 0.2) is 9.84 Å². The molecule has 0 aromatic heterocycles. The molecule has 4 nitrogen and oxygen atoms in total. The van der Waals surface area contributed by atoms with Crippen molar-refractivity contribution in [2.45, 2.75) is 19.4 Å². The summed E-state index contributed by atoms with van der Waals surface area (Å²) in [7, 11) is -2.83. The van der Waals surface area contributed by atoms with Crippen molar-refractivity contribution in [2.75, 3.05) is 29.5 Å². The molecule has 1 aromatic rings. The summed E-state index contributed by atoms with van der Waals surface area (Å²) in [6, 6.07) is 7.72. The van der Waals surface area contributed by atoms with Gasteiger partial charge in [0.1, 0.15) is 0 Å². The monoisotopic (exact) mass is 269 g/mol. The summed E-state index contributed by atoms with van der Waals surface area (Å²) in [6.07, 6.45) is 0.280. The number of anilines is 1. The highest BCUT2D eigenvalue weighted by Gasteiger charge is 2.21. The van der Waals surface area contributed by atoms with Crippen LogP contribution in [0.4, 0.5) is 5.69 Å². The van der Waals surface area contributed by atoms with E-state index >= 15 is 0 Å². The zero-order valence-electron chi connectivity index (χ0n) is 10.5. The van der Waals surface area contributed by atoms with Gasteiger partial charge >= 0.3 is 0 Å². The van der Waals surface area contributed by atoms with Crippen molar-refractivity contribution in [1.29, 1.82) is 0 Å². The van der Waals surface area contributed by atoms with Gasteiger partial charge in [0.05, 0.1) is 17.6 Å². The molecule has 1 heterocycles. The highest BCUT2D eigenvalue weighted by Crippen LogP contribution is 2.22. The second kappa shape index (κ2) is 5.28. The van der Waals surface area contributed by atoms with E-state index in [2.05, 4.69) is 4.90 Å². The van der Waals surface area contributed by atoms with Gasteiger partial charge in [-0.25, -0.2) is 8.42 Å². The van der Waals surface area contributed by atoms with Crippen LogP contribution in [0.25, 0.3) is 0 Å². The minimum Gasteiger partial charge on any atom is -0.388 e. The maximum atomic E-state index is 11.3. The number of nitrogens with zero attached hydrogens (tertiary/aromatic N) is 1. The molecule has 2 rings (SSSR count). The largest absolute Gasteiger partial charge is 0.388 e. The first kappa shape index (κ1) is 13.4. The Morgan fingerprint density at radius 1 is 1.22 bits per heavy atom. The first-order chi connectivity index (χ1) is 8.52. The first-order valence-electron chi connectivity index (χ1n) is 6.25. The lowest BCUT2D eigenvalue weighted by Crippen LogP contribution is -2.40. The Hall–Kier alpha value is -1.07. The van der Waals surface area contributed by atoms with E-state index in [1.807, 2.05) is 31.2 Å². The molecule has 0 amide bonds. The summed E-state index contributed by atoms with van der Waals surface area (Å²) in [4.78, 5) is 2.07. The van der Waals surface area contributed by atoms with E-state index in [1.54, 1.807) is 0 Å². The molecule has 1 N–H and O–H groups in total. The molecule has 1 fully saturated rings. The minimum absolute atomic E-state index is 0.229. The van der Waals surface area contributed by atoms with Crippen molar-refractivity contribution in [1.82, 2.24) is 0 Å². The second-order valence-corrected chi connectivity index (χ2v) is 6.96. The van der Waals surface area contributed by atoms with Gasteiger partial charge in [-0.1, -0.05) is 19.1 Å². The standard InChI is InChI=1S/C13H19NO3S/c1-2-13(15)11-3-5-12(6-4-11)14-7-9-18(16,17)10-8-14/h3-6,13,15H,2,7-10H2,1H3/t13-/m0/s1. The molecule has 5 heteroatoms. The number of hydrogen-bond acceptors (Lipinski definition) is 4. The third kappa shape index (κ3) is 3.03. The summed E-state index contributed by atoms with van der Waals surface area (Å²) >= 11 is 0. The fourth-order valence-electron chi connectivity index (χ4n) is 2.11. The van der Waals surface area contributed by atoms with Gasteiger partial charge in [0.25, 0.3) is 0 Å². The Bertz CT molecular complexity index is 481. The van der Waals surface area contributed by atoms with Crippen LogP contribution in [0.2, 0.25) is 0 Å². The van der Waals surface area contributed by atoms with E-state index in [0.717, 1.165) is 11.3 Å². The van der Waals surface area contributed by atoms with Gasteiger partial charge in [-0.05, 0) is 24.1 Å². The third-order valence-electron chi connectivity index (χ3n) is 3.37. The van der Waals surface area contributed by atoms with Gasteiger partial charge in [0, 0.05) is 18.8 Å². The molecule has 1 atom stereocenters. The van der Waals surface area contributed by atoms with Gasteiger partial charge in [0.2, 0.25) is 0 Å². The van der Waals surface area contributed by atoms with Crippen molar-refractivity contribution >= 4 is 15.5 Å². The lowest BCUT2D eigenvalue weighted by atomic mass is 10.1. The van der Waals surface area contributed by atoms with Gasteiger partial charge in [-0.15, -0.1) is 0 Å². The molecule has 1 aliphatic rings. The zero-order valence-corrected chi connectivity index (χ0v) is 11.4. The van der Waals surface area contributed by atoms with Crippen LogP contribution in [-0.2, 0) is 9.84 Å². The normalized spacial score (nSPS) is 20.7. The van der Waals surface area contributed by atoms with Crippen molar-refractivity contribution in [2.24, 2.45) is 0 Å². The van der Waals surface area contributed by atoms with Crippen molar-refractivity contribution < 1.29 is 13.5 Å². The van der Waals surface area contributed by atoms with E-state index in [9.17, 15) is 13.5 Å². The lowest BCUT2D eigenvalue weighted by Gasteiger charge is -2.29. The molecule has 18 heavy (non-hydrogen) atoms. The molecule has 1 aliphatic heterocycles. The molecule has 1 aromatic carbocycles. The first-order valence-corrected chi connectivity index (χ1v) is 8.07. The predicted octanol–water partition coefficient (Wildman–Crippen LogP) is 1.36. The Labute approximate surface area is 108 Å². The quantitative estimate of drug-likeness (QED) is 0.900. The molecule has 100 valence electrons. The molecule has 0 aliphatic carbocycles. The van der Waals surface area contributed by atoms with Crippen molar-refractivity contribution in [3.63, 3.8) is 0 Å². The molecule has 0 bridgehead atoms. The van der Waals surface area contributed by atoms with Crippen LogP contribution in [-0.4, -0.2) is 38.1 Å². The predicted molar refractivity (Wildman–Crippen MR) is 72.6 cm³/mol. The summed E-state index contributed by atoms with van der Waals surface area (Å²) in [5.74, 6) is 0.457. The van der Waals surface area contributed by atoms with E-state index in [0.29, 0.717) is 19.5 Å². The van der Waals surface area contributed by atoms with Crippen LogP contribution in [0.5, 0.6) is 0 Å². The highest BCUT2D eigenvalue weighted by molar-refractivity contribution is 7.91. The van der Waals surface area contributed by atoms with E-state index in [4.69, 9.17) is 0 Å². The fraction of sp³-hybridized carbons (Fsp3) is 0.538. The molecular weight excluding hydrogens is 250 g/mol. The lowest BCUT2D eigenvalue weighted by molar-refractivity contribution is 0.173. The van der Waals surface area contributed by atoms with Crippen LogP contribution in [0.3, 0.4) is 0 Å². The third-order valence-corrected chi connectivity index (χ3v) is 4.98. The summed E-state index contributed by atoms with van der Waals surface area (Å²) in [5, 5.41) is 9.71. The molecular formula is C13H19NO3S. The van der Waals surface area contributed by atoms with E-state index in [-0.39, 0.29) is 11.5 Å². The number of benzene rings is 1. The SMILES string of the molecule is CC[C@H](O)c1ccc(N2CCS(=O)(=O)CC2)cc1. The van der Waals surface area contributed by atoms with Gasteiger partial charge < -0.3 is 10.0 Å². The Morgan fingerprint density at radius 2 is 1.78 bits per heavy atom. The number of hydrogen-bond donors (Lipinski definition) is 1. The minimum atomic E-state index is -2.83. The number of aliphatic hydroxyl groups excluding tert-OH is 1. The van der Waals surface area contributed by atoms with Crippen LogP contribution in [0, 0.1) is 0 Å². The fourth-order valence-corrected chi connectivity index (χ4v) is 3.31. The summed E-state index contributed by atoms with van der Waals surface area (Å²) in [6.45, 7) is 3.05. The molecule has 1 saturated heterocycles. The number of rotatable bonds is 3. The van der Waals surface area contributed by atoms with Crippen LogP contribution in [0.15, 0.2) is 24.3 Å². The van der Waals surface area contributed by atoms with Crippen LogP contribution in [0.1, 0.15) is 25.0 Å². The molecule has 0 saturated carbocycles. The second-order valence-electron chi connectivity index (χ2n) is 4.65. The summed E-state index contributed by atoms with van der Waals surface area (Å²) in [5.41, 5.74) is 1.93. The van der Waals surface area contributed by atoms with Crippen LogP contribution >= 0.6 is 0 Å². The Balaban J connectivity index is 2.07. The topological polar surface area (TPSA) is 57.6 Å².